The van der Waals surface area contributed by atoms with Crippen LogP contribution in [-0.4, -0.2) is 56.8 Å². The molecule has 4 aromatic rings. The van der Waals surface area contributed by atoms with Crippen molar-refractivity contribution >= 4 is 27.6 Å². The molecule has 0 radical (unpaired) electrons. The zero-order valence-electron chi connectivity index (χ0n) is 16.7. The van der Waals surface area contributed by atoms with Crippen LogP contribution in [-0.2, 0) is 6.54 Å². The minimum atomic E-state index is -0.343. The number of benzene rings is 2. The third-order valence-electron chi connectivity index (χ3n) is 5.74. The first-order valence-electron chi connectivity index (χ1n) is 10.1. The van der Waals surface area contributed by atoms with Gasteiger partial charge in [-0.3, -0.25) is 9.78 Å². The van der Waals surface area contributed by atoms with E-state index in [2.05, 4.69) is 10.3 Å². The first-order valence-corrected chi connectivity index (χ1v) is 10.1. The van der Waals surface area contributed by atoms with Gasteiger partial charge in [0.05, 0.1) is 17.5 Å². The summed E-state index contributed by atoms with van der Waals surface area (Å²) in [5, 5.41) is 26.2. The van der Waals surface area contributed by atoms with Crippen LogP contribution in [0.5, 0.6) is 11.6 Å². The van der Waals surface area contributed by atoms with Gasteiger partial charge in [0.25, 0.3) is 5.91 Å². The minimum Gasteiger partial charge on any atom is -0.505 e. The van der Waals surface area contributed by atoms with Gasteiger partial charge in [-0.2, -0.15) is 0 Å². The Morgan fingerprint density at radius 3 is 2.58 bits per heavy atom. The molecule has 5 rings (SSSR count). The summed E-state index contributed by atoms with van der Waals surface area (Å²) in [6.07, 6.45) is 3.20. The molecule has 1 saturated heterocycles. The Morgan fingerprint density at radius 2 is 1.84 bits per heavy atom. The third kappa shape index (κ3) is 3.25. The van der Waals surface area contributed by atoms with Gasteiger partial charge in [0.2, 0.25) is 5.88 Å². The molecule has 0 atom stereocenters. The van der Waals surface area contributed by atoms with E-state index in [0.717, 1.165) is 5.56 Å². The second-order valence-electron chi connectivity index (χ2n) is 7.66. The summed E-state index contributed by atoms with van der Waals surface area (Å²) in [7, 11) is 0. The molecular formula is C23H21FN4O3. The van der Waals surface area contributed by atoms with Gasteiger partial charge in [0.1, 0.15) is 11.3 Å². The van der Waals surface area contributed by atoms with Crippen LogP contribution in [0.3, 0.4) is 0 Å². The van der Waals surface area contributed by atoms with Crippen molar-refractivity contribution in [2.24, 2.45) is 0 Å². The summed E-state index contributed by atoms with van der Waals surface area (Å²) in [4.78, 5) is 19.5. The summed E-state index contributed by atoms with van der Waals surface area (Å²) in [6.45, 7) is 2.82. The Hall–Kier alpha value is -3.65. The van der Waals surface area contributed by atoms with Gasteiger partial charge >= 0.3 is 0 Å². The maximum atomic E-state index is 13.5. The highest BCUT2D eigenvalue weighted by Crippen LogP contribution is 2.42. The number of piperazine rings is 1. The van der Waals surface area contributed by atoms with E-state index in [9.17, 15) is 19.4 Å². The second-order valence-corrected chi connectivity index (χ2v) is 7.66. The number of nitrogens with zero attached hydrogens (tertiary/aromatic N) is 3. The Morgan fingerprint density at radius 1 is 1.10 bits per heavy atom. The fourth-order valence-electron chi connectivity index (χ4n) is 4.19. The lowest BCUT2D eigenvalue weighted by molar-refractivity contribution is 0.0739. The number of halogens is 1. The van der Waals surface area contributed by atoms with Crippen LogP contribution in [0.25, 0.3) is 21.7 Å². The number of carbonyl (C=O) groups excluding carboxylic acids is 1. The molecule has 2 aromatic heterocycles. The molecule has 1 fully saturated rings. The lowest BCUT2D eigenvalue weighted by atomic mass is 10.00. The zero-order chi connectivity index (χ0) is 21.5. The maximum Gasteiger partial charge on any atom is 0.255 e. The summed E-state index contributed by atoms with van der Waals surface area (Å²) < 4.78 is 14.8. The SMILES string of the molecule is O=C(c1c2cccnc2c(O)c2c(O)n(Cc3ccc(F)cc3)cc12)N1CCNCC1. The molecule has 2 aromatic carbocycles. The van der Waals surface area contributed by atoms with E-state index in [1.165, 1.54) is 12.1 Å². The van der Waals surface area contributed by atoms with Crippen LogP contribution >= 0.6 is 0 Å². The zero-order valence-corrected chi connectivity index (χ0v) is 16.7. The van der Waals surface area contributed by atoms with Crippen molar-refractivity contribution in [2.75, 3.05) is 26.2 Å². The van der Waals surface area contributed by atoms with Crippen molar-refractivity contribution in [3.05, 3.63) is 65.7 Å². The van der Waals surface area contributed by atoms with Crippen LogP contribution in [0.1, 0.15) is 15.9 Å². The smallest absolute Gasteiger partial charge is 0.255 e. The van der Waals surface area contributed by atoms with Gasteiger partial charge in [0.15, 0.2) is 5.75 Å². The van der Waals surface area contributed by atoms with Crippen molar-refractivity contribution in [2.45, 2.75) is 6.54 Å². The maximum absolute atomic E-state index is 13.5. The topological polar surface area (TPSA) is 90.6 Å². The van der Waals surface area contributed by atoms with Crippen molar-refractivity contribution < 1.29 is 19.4 Å². The third-order valence-corrected chi connectivity index (χ3v) is 5.74. The molecule has 3 heterocycles. The summed E-state index contributed by atoms with van der Waals surface area (Å²) in [5.74, 6) is -0.843. The number of aromatic nitrogens is 2. The molecule has 31 heavy (non-hydrogen) atoms. The number of rotatable bonds is 3. The first-order chi connectivity index (χ1) is 15.0. The van der Waals surface area contributed by atoms with E-state index in [4.69, 9.17) is 0 Å². The molecule has 0 aliphatic carbocycles. The largest absolute Gasteiger partial charge is 0.505 e. The van der Waals surface area contributed by atoms with Gasteiger partial charge in [-0.25, -0.2) is 4.39 Å². The highest BCUT2D eigenvalue weighted by atomic mass is 19.1. The van der Waals surface area contributed by atoms with Crippen LogP contribution in [0.15, 0.2) is 48.8 Å². The molecule has 0 saturated carbocycles. The Kier molecular flexibility index (Phi) is 4.71. The molecule has 0 spiro atoms. The molecule has 8 heteroatoms. The average molecular weight is 420 g/mol. The highest BCUT2D eigenvalue weighted by molar-refractivity contribution is 6.21. The average Bonchev–Trinajstić information content (AvgIpc) is 3.12. The number of hydrogen-bond acceptors (Lipinski definition) is 5. The predicted molar refractivity (Wildman–Crippen MR) is 115 cm³/mol. The normalized spacial score (nSPS) is 14.4. The van der Waals surface area contributed by atoms with Crippen LogP contribution < -0.4 is 5.32 Å². The molecule has 7 nitrogen and oxygen atoms in total. The monoisotopic (exact) mass is 420 g/mol. The fourth-order valence-corrected chi connectivity index (χ4v) is 4.19. The van der Waals surface area contributed by atoms with Crippen molar-refractivity contribution in [3.63, 3.8) is 0 Å². The Balaban J connectivity index is 1.72. The molecule has 158 valence electrons. The quantitative estimate of drug-likeness (QED) is 0.474. The lowest BCUT2D eigenvalue weighted by Gasteiger charge is -2.28. The first kappa shape index (κ1) is 19.3. The number of phenolic OH excluding ortho intramolecular Hbond substituents is 1. The molecule has 0 unspecified atom stereocenters. The second kappa shape index (κ2) is 7.55. The lowest BCUT2D eigenvalue weighted by Crippen LogP contribution is -2.46. The predicted octanol–water partition coefficient (Wildman–Crippen LogP) is 2.83. The summed E-state index contributed by atoms with van der Waals surface area (Å²) in [5.41, 5.74) is 1.45. The number of hydrogen-bond donors (Lipinski definition) is 3. The fraction of sp³-hybridized carbons (Fsp3) is 0.217. The molecule has 3 N–H and O–H groups in total. The highest BCUT2D eigenvalue weighted by Gasteiger charge is 2.27. The minimum absolute atomic E-state index is 0.163. The molecule has 1 aliphatic rings. The van der Waals surface area contributed by atoms with Crippen molar-refractivity contribution in [1.82, 2.24) is 19.8 Å². The van der Waals surface area contributed by atoms with E-state index in [1.807, 2.05) is 0 Å². The summed E-state index contributed by atoms with van der Waals surface area (Å²) in [6, 6.07) is 9.44. The number of amides is 1. The van der Waals surface area contributed by atoms with E-state index >= 15 is 0 Å². The number of fused-ring (bicyclic) bond motifs is 2. The van der Waals surface area contributed by atoms with Crippen LogP contribution in [0.4, 0.5) is 4.39 Å². The van der Waals surface area contributed by atoms with E-state index in [0.29, 0.717) is 42.5 Å². The molecule has 1 amide bonds. The number of phenols is 1. The Labute approximate surface area is 177 Å². The van der Waals surface area contributed by atoms with Gasteiger partial charge in [-0.15, -0.1) is 0 Å². The van der Waals surface area contributed by atoms with Gasteiger partial charge in [0, 0.05) is 49.3 Å². The van der Waals surface area contributed by atoms with E-state index in [-0.39, 0.29) is 40.8 Å². The van der Waals surface area contributed by atoms with Crippen LogP contribution in [0.2, 0.25) is 0 Å². The van der Waals surface area contributed by atoms with Crippen molar-refractivity contribution in [3.8, 4) is 11.6 Å². The van der Waals surface area contributed by atoms with Gasteiger partial charge in [-0.1, -0.05) is 18.2 Å². The number of carbonyl (C=O) groups is 1. The standard InChI is InChI=1S/C23H21FN4O3/c24-15-5-3-14(4-6-15)12-28-13-17-18(22(30)27-10-8-25-9-11-27)16-2-1-7-26-20(16)21(29)19(17)23(28)31/h1-7,13,25,29,31H,8-12H2. The molecule has 0 bridgehead atoms. The van der Waals surface area contributed by atoms with E-state index < -0.39 is 0 Å². The van der Waals surface area contributed by atoms with E-state index in [1.54, 1.807) is 46.1 Å². The van der Waals surface area contributed by atoms with Gasteiger partial charge in [-0.05, 0) is 23.8 Å². The molecule has 1 aliphatic heterocycles. The number of aromatic hydroxyl groups is 2. The summed E-state index contributed by atoms with van der Waals surface area (Å²) >= 11 is 0. The van der Waals surface area contributed by atoms with Crippen LogP contribution in [0, 0.1) is 5.82 Å². The van der Waals surface area contributed by atoms with Gasteiger partial charge < -0.3 is 25.0 Å². The molecular weight excluding hydrogens is 399 g/mol. The Bertz CT molecular complexity index is 1290. The van der Waals surface area contributed by atoms with Crippen molar-refractivity contribution in [1.29, 1.82) is 0 Å². The number of nitrogens with one attached hydrogen (secondary N) is 1. The number of pyridine rings is 1.